The van der Waals surface area contributed by atoms with Crippen LogP contribution in [0.5, 0.6) is 0 Å². The fourth-order valence-electron chi connectivity index (χ4n) is 2.81. The zero-order valence-electron chi connectivity index (χ0n) is 14.9. The normalized spacial score (nSPS) is 14.7. The highest BCUT2D eigenvalue weighted by molar-refractivity contribution is 6.01. The number of nitrogens with zero attached hydrogens (tertiary/aromatic N) is 2. The van der Waals surface area contributed by atoms with Gasteiger partial charge in [-0.05, 0) is 33.3 Å². The number of benzene rings is 1. The largest absolute Gasteiger partial charge is 0.458 e. The lowest BCUT2D eigenvalue weighted by molar-refractivity contribution is -0.385. The Labute approximate surface area is 150 Å². The second kappa shape index (κ2) is 7.11. The van der Waals surface area contributed by atoms with Crippen molar-refractivity contribution in [1.82, 2.24) is 4.90 Å². The number of ether oxygens (including phenoxy) is 1. The molecule has 0 unspecified atom stereocenters. The van der Waals surface area contributed by atoms with Gasteiger partial charge in [-0.15, -0.1) is 0 Å². The molecule has 0 aromatic heterocycles. The summed E-state index contributed by atoms with van der Waals surface area (Å²) in [5.74, 6) is -1.81. The van der Waals surface area contributed by atoms with E-state index in [4.69, 9.17) is 10.5 Å². The first-order chi connectivity index (χ1) is 12.0. The minimum Gasteiger partial charge on any atom is -0.458 e. The molecule has 1 aliphatic heterocycles. The van der Waals surface area contributed by atoms with Gasteiger partial charge >= 0.3 is 5.97 Å². The van der Waals surface area contributed by atoms with Crippen molar-refractivity contribution in [2.75, 3.05) is 0 Å². The number of nitrogens with two attached hydrogens (primary N) is 1. The zero-order valence-corrected chi connectivity index (χ0v) is 14.9. The summed E-state index contributed by atoms with van der Waals surface area (Å²) < 4.78 is 5.35. The molecule has 0 saturated heterocycles. The summed E-state index contributed by atoms with van der Waals surface area (Å²) in [4.78, 5) is 48.3. The number of primary amides is 1. The first-order valence-electron chi connectivity index (χ1n) is 8.09. The van der Waals surface area contributed by atoms with Gasteiger partial charge in [0.2, 0.25) is 5.91 Å². The van der Waals surface area contributed by atoms with Gasteiger partial charge < -0.3 is 15.4 Å². The molecule has 9 nitrogen and oxygen atoms in total. The lowest BCUT2D eigenvalue weighted by Gasteiger charge is -2.29. The molecule has 0 radical (unpaired) electrons. The summed E-state index contributed by atoms with van der Waals surface area (Å²) in [5.41, 5.74) is 4.61. The molecule has 0 aliphatic carbocycles. The van der Waals surface area contributed by atoms with Crippen molar-refractivity contribution in [1.29, 1.82) is 0 Å². The van der Waals surface area contributed by atoms with Crippen molar-refractivity contribution in [3.63, 3.8) is 0 Å². The highest BCUT2D eigenvalue weighted by atomic mass is 16.6. The number of fused-ring (bicyclic) bond motifs is 1. The molecule has 9 heteroatoms. The Morgan fingerprint density at radius 1 is 1.38 bits per heavy atom. The summed E-state index contributed by atoms with van der Waals surface area (Å²) in [5, 5.41) is 11.2. The fraction of sp³-hybridized carbons (Fsp3) is 0.471. The number of rotatable bonds is 6. The van der Waals surface area contributed by atoms with Gasteiger partial charge in [-0.3, -0.25) is 19.7 Å². The van der Waals surface area contributed by atoms with Gasteiger partial charge in [0.1, 0.15) is 11.6 Å². The van der Waals surface area contributed by atoms with Crippen LogP contribution >= 0.6 is 0 Å². The number of hydrogen-bond acceptors (Lipinski definition) is 6. The predicted molar refractivity (Wildman–Crippen MR) is 91.0 cm³/mol. The van der Waals surface area contributed by atoms with Crippen molar-refractivity contribution < 1.29 is 24.0 Å². The fourth-order valence-corrected chi connectivity index (χ4v) is 2.81. The van der Waals surface area contributed by atoms with E-state index in [0.717, 1.165) is 0 Å². The molecule has 26 heavy (non-hydrogen) atoms. The molecule has 1 atom stereocenters. The SMILES string of the molecule is CC(C)(C)OC(=O)[C@@H](CCC(N)=O)N1Cc2c(cccc2[N+](=O)[O-])C1=O. The highest BCUT2D eigenvalue weighted by Gasteiger charge is 2.41. The second-order valence-corrected chi connectivity index (χ2v) is 7.05. The average molecular weight is 363 g/mol. The van der Waals surface area contributed by atoms with Crippen LogP contribution in [0.3, 0.4) is 0 Å². The maximum atomic E-state index is 12.7. The molecule has 1 aromatic rings. The number of nitro groups is 1. The highest BCUT2D eigenvalue weighted by Crippen LogP contribution is 2.33. The van der Waals surface area contributed by atoms with Crippen LogP contribution in [0.2, 0.25) is 0 Å². The molecule has 0 spiro atoms. The quantitative estimate of drug-likeness (QED) is 0.463. The summed E-state index contributed by atoms with van der Waals surface area (Å²) in [6, 6.07) is 3.15. The van der Waals surface area contributed by atoms with Crippen LogP contribution in [0.25, 0.3) is 0 Å². The van der Waals surface area contributed by atoms with Crippen LogP contribution in [0.4, 0.5) is 5.69 Å². The Bertz CT molecular complexity index is 768. The Kier molecular flexibility index (Phi) is 5.29. The van der Waals surface area contributed by atoms with Crippen molar-refractivity contribution in [3.05, 3.63) is 39.4 Å². The Morgan fingerprint density at radius 3 is 2.58 bits per heavy atom. The first kappa shape index (κ1) is 19.4. The first-order valence-corrected chi connectivity index (χ1v) is 8.09. The van der Waals surface area contributed by atoms with Crippen LogP contribution in [0.1, 0.15) is 49.5 Å². The third-order valence-corrected chi connectivity index (χ3v) is 3.89. The Hall–Kier alpha value is -2.97. The van der Waals surface area contributed by atoms with Gasteiger partial charge in [0.25, 0.3) is 11.6 Å². The van der Waals surface area contributed by atoms with Crippen molar-refractivity contribution >= 4 is 23.5 Å². The Balaban J connectivity index is 2.35. The van der Waals surface area contributed by atoms with Gasteiger partial charge in [-0.25, -0.2) is 4.79 Å². The van der Waals surface area contributed by atoms with Crippen LogP contribution in [-0.4, -0.2) is 39.2 Å². The molecule has 0 bridgehead atoms. The molecular formula is C17H21N3O6. The molecule has 1 heterocycles. The zero-order chi connectivity index (χ0) is 19.6. The van der Waals surface area contributed by atoms with Crippen LogP contribution in [-0.2, 0) is 20.9 Å². The molecule has 2 rings (SSSR count). The number of carbonyl (C=O) groups is 3. The molecular weight excluding hydrogens is 342 g/mol. The molecule has 0 saturated carbocycles. The predicted octanol–water partition coefficient (Wildman–Crippen LogP) is 1.53. The number of amides is 2. The summed E-state index contributed by atoms with van der Waals surface area (Å²) in [6.45, 7) is 4.94. The van der Waals surface area contributed by atoms with E-state index in [1.54, 1.807) is 20.8 Å². The number of nitro benzene ring substituents is 1. The van der Waals surface area contributed by atoms with Crippen molar-refractivity contribution in [2.45, 2.75) is 51.8 Å². The minimum atomic E-state index is -1.05. The molecule has 0 fully saturated rings. The van der Waals surface area contributed by atoms with Crippen molar-refractivity contribution in [3.8, 4) is 0 Å². The second-order valence-electron chi connectivity index (χ2n) is 7.05. The maximum absolute atomic E-state index is 12.7. The van der Waals surface area contributed by atoms with E-state index >= 15 is 0 Å². The standard InChI is InChI=1S/C17H21N3O6/c1-17(2,3)26-16(23)13(7-8-14(18)21)19-9-11-10(15(19)22)5-4-6-12(11)20(24)25/h4-6,13H,7-9H2,1-3H3,(H2,18,21)/t13-/m1/s1. The van der Waals surface area contributed by atoms with Gasteiger partial charge in [0, 0.05) is 12.5 Å². The number of hydrogen-bond donors (Lipinski definition) is 1. The molecule has 2 amide bonds. The number of carbonyl (C=O) groups excluding carboxylic acids is 3. The van der Waals surface area contributed by atoms with Crippen LogP contribution in [0.15, 0.2) is 18.2 Å². The lowest BCUT2D eigenvalue weighted by Crippen LogP contribution is -2.45. The van der Waals surface area contributed by atoms with Gasteiger partial charge in [0.05, 0.1) is 22.6 Å². The summed E-state index contributed by atoms with van der Waals surface area (Å²) >= 11 is 0. The van der Waals surface area contributed by atoms with Gasteiger partial charge in [0.15, 0.2) is 0 Å². The van der Waals surface area contributed by atoms with Gasteiger partial charge in [-0.1, -0.05) is 6.07 Å². The third-order valence-electron chi connectivity index (χ3n) is 3.89. The minimum absolute atomic E-state index is 0.0161. The molecule has 140 valence electrons. The number of esters is 1. The monoisotopic (exact) mass is 363 g/mol. The van der Waals surface area contributed by atoms with E-state index in [9.17, 15) is 24.5 Å². The molecule has 2 N–H and O–H groups in total. The van der Waals surface area contributed by atoms with E-state index in [2.05, 4.69) is 0 Å². The van der Waals surface area contributed by atoms with E-state index in [0.29, 0.717) is 0 Å². The lowest BCUT2D eigenvalue weighted by atomic mass is 10.1. The average Bonchev–Trinajstić information content (AvgIpc) is 2.82. The van der Waals surface area contributed by atoms with Crippen molar-refractivity contribution in [2.24, 2.45) is 5.73 Å². The van der Waals surface area contributed by atoms with Crippen LogP contribution < -0.4 is 5.73 Å². The maximum Gasteiger partial charge on any atom is 0.329 e. The van der Waals surface area contributed by atoms with E-state index < -0.39 is 34.3 Å². The smallest absolute Gasteiger partial charge is 0.329 e. The van der Waals surface area contributed by atoms with Gasteiger partial charge in [-0.2, -0.15) is 0 Å². The molecule has 1 aliphatic rings. The van der Waals surface area contributed by atoms with Crippen LogP contribution in [0, 0.1) is 10.1 Å². The van der Waals surface area contributed by atoms with E-state index in [1.807, 2.05) is 0 Å². The summed E-state index contributed by atoms with van der Waals surface area (Å²) in [6.07, 6.45) is -0.135. The molecule has 1 aromatic carbocycles. The Morgan fingerprint density at radius 2 is 2.04 bits per heavy atom. The topological polar surface area (TPSA) is 133 Å². The third kappa shape index (κ3) is 4.16. The summed E-state index contributed by atoms with van der Waals surface area (Å²) in [7, 11) is 0. The van der Waals surface area contributed by atoms with E-state index in [-0.39, 0.29) is 36.2 Å². The van der Waals surface area contributed by atoms with E-state index in [1.165, 1.54) is 23.1 Å².